The Morgan fingerprint density at radius 1 is 0.848 bits per heavy atom. The summed E-state index contributed by atoms with van der Waals surface area (Å²) in [6, 6.07) is 21.4. The van der Waals surface area contributed by atoms with Crippen molar-refractivity contribution in [2.24, 2.45) is 0 Å². The highest BCUT2D eigenvalue weighted by Crippen LogP contribution is 2.32. The average Bonchev–Trinajstić information content (AvgIpc) is 2.86. The Hall–Kier alpha value is -4.44. The minimum Gasteiger partial charge on any atom is -0.497 e. The van der Waals surface area contributed by atoms with Gasteiger partial charge in [-0.05, 0) is 48.0 Å². The standard InChI is InChI=1S/C26H23NO6/c1-29-20-7-6-8-21(15-20)32-17-26(28)33-24-12-11-18(14-25(24)31-3)13-19(16-27)22-9-4-5-10-23(22)30-2/h4-15H,17H2,1-3H3/b19-13-. The summed E-state index contributed by atoms with van der Waals surface area (Å²) in [6.07, 6.45) is 1.71. The van der Waals surface area contributed by atoms with Gasteiger partial charge in [-0.1, -0.05) is 24.3 Å². The van der Waals surface area contributed by atoms with Crippen LogP contribution < -0.4 is 23.7 Å². The van der Waals surface area contributed by atoms with Crippen molar-refractivity contribution >= 4 is 17.6 Å². The maximum Gasteiger partial charge on any atom is 0.349 e. The van der Waals surface area contributed by atoms with Crippen molar-refractivity contribution in [3.05, 3.63) is 77.9 Å². The topological polar surface area (TPSA) is 87.0 Å². The van der Waals surface area contributed by atoms with Gasteiger partial charge in [-0.2, -0.15) is 5.26 Å². The van der Waals surface area contributed by atoms with Crippen molar-refractivity contribution in [1.29, 1.82) is 5.26 Å². The highest BCUT2D eigenvalue weighted by molar-refractivity contribution is 5.92. The third-order valence-electron chi connectivity index (χ3n) is 4.64. The molecule has 0 aromatic heterocycles. The first-order chi connectivity index (χ1) is 16.1. The van der Waals surface area contributed by atoms with Crippen LogP contribution in [0.15, 0.2) is 66.7 Å². The molecular weight excluding hydrogens is 422 g/mol. The van der Waals surface area contributed by atoms with E-state index >= 15 is 0 Å². The predicted octanol–water partition coefficient (Wildman–Crippen LogP) is 4.76. The maximum atomic E-state index is 12.3. The van der Waals surface area contributed by atoms with Gasteiger partial charge in [-0.15, -0.1) is 0 Å². The summed E-state index contributed by atoms with van der Waals surface area (Å²) >= 11 is 0. The van der Waals surface area contributed by atoms with Crippen LogP contribution in [0.25, 0.3) is 11.6 Å². The van der Waals surface area contributed by atoms with Crippen molar-refractivity contribution in [1.82, 2.24) is 0 Å². The quantitative estimate of drug-likeness (QED) is 0.203. The van der Waals surface area contributed by atoms with E-state index in [1.54, 1.807) is 68.8 Å². The highest BCUT2D eigenvalue weighted by Gasteiger charge is 2.13. The third kappa shape index (κ3) is 6.05. The second kappa shape index (κ2) is 11.3. The average molecular weight is 445 g/mol. The molecule has 168 valence electrons. The molecule has 0 saturated carbocycles. The summed E-state index contributed by atoms with van der Waals surface area (Å²) in [7, 11) is 4.57. The number of allylic oxidation sites excluding steroid dienone is 1. The molecule has 0 N–H and O–H groups in total. The molecule has 0 saturated heterocycles. The van der Waals surface area contributed by atoms with E-state index in [1.165, 1.54) is 7.11 Å². The van der Waals surface area contributed by atoms with E-state index < -0.39 is 5.97 Å². The summed E-state index contributed by atoms with van der Waals surface area (Å²) in [6.45, 7) is -0.287. The van der Waals surface area contributed by atoms with Gasteiger partial charge in [0.25, 0.3) is 0 Å². The second-order valence-corrected chi connectivity index (χ2v) is 6.72. The zero-order valence-electron chi connectivity index (χ0n) is 18.5. The molecule has 7 heteroatoms. The van der Waals surface area contributed by atoms with Crippen molar-refractivity contribution in [3.8, 4) is 34.8 Å². The number of carbonyl (C=O) groups excluding carboxylic acids is 1. The lowest BCUT2D eigenvalue weighted by molar-refractivity contribution is -0.136. The van der Waals surface area contributed by atoms with Crippen molar-refractivity contribution in [2.75, 3.05) is 27.9 Å². The fourth-order valence-electron chi connectivity index (χ4n) is 3.05. The van der Waals surface area contributed by atoms with E-state index in [9.17, 15) is 10.1 Å². The molecule has 3 rings (SSSR count). The molecule has 0 bridgehead atoms. The van der Waals surface area contributed by atoms with Crippen LogP contribution in [0.3, 0.4) is 0 Å². The Labute approximate surface area is 192 Å². The van der Waals surface area contributed by atoms with E-state index in [0.29, 0.717) is 39.7 Å². The van der Waals surface area contributed by atoms with Crippen LogP contribution in [0, 0.1) is 11.3 Å². The fraction of sp³-hybridized carbons (Fsp3) is 0.154. The molecule has 0 unspecified atom stereocenters. The zero-order chi connectivity index (χ0) is 23.6. The lowest BCUT2D eigenvalue weighted by Gasteiger charge is -2.11. The number of benzene rings is 3. The lowest BCUT2D eigenvalue weighted by atomic mass is 10.0. The van der Waals surface area contributed by atoms with Gasteiger partial charge in [-0.3, -0.25) is 0 Å². The first-order valence-corrected chi connectivity index (χ1v) is 9.98. The summed E-state index contributed by atoms with van der Waals surface area (Å²) in [5.41, 5.74) is 1.79. The molecule has 0 atom stereocenters. The molecular formula is C26H23NO6. The number of ether oxygens (including phenoxy) is 5. The van der Waals surface area contributed by atoms with Crippen LogP contribution in [-0.4, -0.2) is 33.9 Å². The van der Waals surface area contributed by atoms with Gasteiger partial charge in [-0.25, -0.2) is 4.79 Å². The van der Waals surface area contributed by atoms with Crippen LogP contribution >= 0.6 is 0 Å². The van der Waals surface area contributed by atoms with Gasteiger partial charge in [0.05, 0.1) is 33.0 Å². The van der Waals surface area contributed by atoms with Crippen LogP contribution in [0.5, 0.6) is 28.7 Å². The summed E-state index contributed by atoms with van der Waals surface area (Å²) in [4.78, 5) is 12.3. The number of para-hydroxylation sites is 1. The first-order valence-electron chi connectivity index (χ1n) is 9.98. The zero-order valence-corrected chi connectivity index (χ0v) is 18.5. The lowest BCUT2D eigenvalue weighted by Crippen LogP contribution is -2.18. The van der Waals surface area contributed by atoms with Gasteiger partial charge in [0.15, 0.2) is 18.1 Å². The molecule has 3 aromatic rings. The van der Waals surface area contributed by atoms with Gasteiger partial charge >= 0.3 is 5.97 Å². The second-order valence-electron chi connectivity index (χ2n) is 6.72. The van der Waals surface area contributed by atoms with Crippen LogP contribution in [0.4, 0.5) is 0 Å². The fourth-order valence-corrected chi connectivity index (χ4v) is 3.05. The minimum absolute atomic E-state index is 0.240. The molecule has 0 radical (unpaired) electrons. The molecule has 33 heavy (non-hydrogen) atoms. The summed E-state index contributed by atoms with van der Waals surface area (Å²) in [5.74, 6) is 1.70. The Balaban J connectivity index is 1.74. The molecule has 0 aliphatic heterocycles. The van der Waals surface area contributed by atoms with E-state index in [4.69, 9.17) is 23.7 Å². The molecule has 0 amide bonds. The largest absolute Gasteiger partial charge is 0.497 e. The summed E-state index contributed by atoms with van der Waals surface area (Å²) < 4.78 is 26.7. The monoisotopic (exact) mass is 445 g/mol. The SMILES string of the molecule is COc1cccc(OCC(=O)Oc2ccc(/C=C(/C#N)c3ccccc3OC)cc2OC)c1. The number of rotatable bonds is 9. The van der Waals surface area contributed by atoms with Crippen LogP contribution in [-0.2, 0) is 4.79 Å². The number of carbonyl (C=O) groups is 1. The van der Waals surface area contributed by atoms with Gasteiger partial charge < -0.3 is 23.7 Å². The van der Waals surface area contributed by atoms with Crippen molar-refractivity contribution in [3.63, 3.8) is 0 Å². The molecule has 0 spiro atoms. The Morgan fingerprint density at radius 2 is 1.61 bits per heavy atom. The normalized spacial score (nSPS) is 10.7. The molecule has 0 aliphatic rings. The Bertz CT molecular complexity index is 1200. The van der Waals surface area contributed by atoms with Crippen LogP contribution in [0.2, 0.25) is 0 Å². The predicted molar refractivity (Wildman–Crippen MR) is 124 cm³/mol. The van der Waals surface area contributed by atoms with E-state index in [-0.39, 0.29) is 12.4 Å². The number of esters is 1. The van der Waals surface area contributed by atoms with Gasteiger partial charge in [0.1, 0.15) is 17.2 Å². The molecule has 7 nitrogen and oxygen atoms in total. The smallest absolute Gasteiger partial charge is 0.349 e. The highest BCUT2D eigenvalue weighted by atomic mass is 16.6. The van der Waals surface area contributed by atoms with Gasteiger partial charge in [0, 0.05) is 11.6 Å². The van der Waals surface area contributed by atoms with Crippen molar-refractivity contribution in [2.45, 2.75) is 0 Å². The molecule has 0 fully saturated rings. The minimum atomic E-state index is -0.592. The third-order valence-corrected chi connectivity index (χ3v) is 4.64. The molecule has 0 aliphatic carbocycles. The van der Waals surface area contributed by atoms with E-state index in [0.717, 1.165) is 0 Å². The molecule has 0 heterocycles. The number of nitrogens with zero attached hydrogens (tertiary/aromatic N) is 1. The Morgan fingerprint density at radius 3 is 2.33 bits per heavy atom. The number of hydrogen-bond acceptors (Lipinski definition) is 7. The summed E-state index contributed by atoms with van der Waals surface area (Å²) in [5, 5.41) is 9.65. The number of hydrogen-bond donors (Lipinski definition) is 0. The molecule has 3 aromatic carbocycles. The number of methoxy groups -OCH3 is 3. The first kappa shape index (κ1) is 23.2. The van der Waals surface area contributed by atoms with Gasteiger partial charge in [0.2, 0.25) is 0 Å². The maximum absolute atomic E-state index is 12.3. The Kier molecular flexibility index (Phi) is 7.92. The van der Waals surface area contributed by atoms with Crippen molar-refractivity contribution < 1.29 is 28.5 Å². The van der Waals surface area contributed by atoms with E-state index in [1.807, 2.05) is 18.2 Å². The van der Waals surface area contributed by atoms with E-state index in [2.05, 4.69) is 6.07 Å². The number of nitriles is 1. The van der Waals surface area contributed by atoms with Crippen LogP contribution in [0.1, 0.15) is 11.1 Å².